The molecule has 142 valence electrons. The molecule has 0 saturated heterocycles. The summed E-state index contributed by atoms with van der Waals surface area (Å²) in [6.45, 7) is 1.37. The minimum absolute atomic E-state index is 0.311. The predicted octanol–water partition coefficient (Wildman–Crippen LogP) is 2.65. The molecule has 0 fully saturated rings. The number of nitrogens with one attached hydrogen (secondary N) is 2. The van der Waals surface area contributed by atoms with E-state index in [0.717, 1.165) is 0 Å². The van der Waals surface area contributed by atoms with Gasteiger partial charge >= 0.3 is 5.97 Å². The fourth-order valence-electron chi connectivity index (χ4n) is 2.14. The van der Waals surface area contributed by atoms with Gasteiger partial charge in [-0.2, -0.15) is 0 Å². The van der Waals surface area contributed by atoms with E-state index in [9.17, 15) is 14.4 Å². The van der Waals surface area contributed by atoms with E-state index in [1.807, 2.05) is 0 Å². The number of para-hydroxylation sites is 1. The highest BCUT2D eigenvalue weighted by atomic mass is 35.5. The van der Waals surface area contributed by atoms with Gasteiger partial charge in [-0.15, -0.1) is 0 Å². The smallest absolute Gasteiger partial charge is 0.325 e. The van der Waals surface area contributed by atoms with Crippen molar-refractivity contribution in [3.63, 3.8) is 0 Å². The average molecular weight is 391 g/mol. The van der Waals surface area contributed by atoms with Crippen molar-refractivity contribution in [1.82, 2.24) is 5.32 Å². The summed E-state index contributed by atoms with van der Waals surface area (Å²) >= 11 is 5.82. The lowest BCUT2D eigenvalue weighted by molar-refractivity contribution is -0.146. The van der Waals surface area contributed by atoms with Gasteiger partial charge in [0.05, 0.1) is 12.2 Å². The lowest BCUT2D eigenvalue weighted by atomic mass is 10.2. The van der Waals surface area contributed by atoms with Crippen LogP contribution in [0.15, 0.2) is 48.5 Å². The van der Waals surface area contributed by atoms with E-state index in [-0.39, 0.29) is 6.54 Å². The van der Waals surface area contributed by atoms with Crippen LogP contribution in [-0.2, 0) is 14.3 Å². The van der Waals surface area contributed by atoms with Crippen LogP contribution in [0.2, 0.25) is 5.02 Å². The number of halogens is 1. The van der Waals surface area contributed by atoms with Crippen molar-refractivity contribution in [2.45, 2.75) is 6.92 Å². The molecule has 0 radical (unpaired) electrons. The molecule has 0 spiro atoms. The molecule has 0 atom stereocenters. The number of benzene rings is 2. The molecule has 2 aromatic carbocycles. The third-order valence-corrected chi connectivity index (χ3v) is 3.53. The maximum atomic E-state index is 12.2. The molecular formula is C19H19ClN2O5. The molecule has 0 unspecified atom stereocenters. The molecular weight excluding hydrogens is 372 g/mol. The fourth-order valence-corrected chi connectivity index (χ4v) is 2.33. The number of rotatable bonds is 8. The zero-order chi connectivity index (χ0) is 19.6. The van der Waals surface area contributed by atoms with Crippen molar-refractivity contribution in [3.8, 4) is 5.75 Å². The number of carbonyl (C=O) groups is 3. The molecule has 0 aromatic heterocycles. The lowest BCUT2D eigenvalue weighted by Gasteiger charge is -2.10. The first-order chi connectivity index (χ1) is 13.0. The van der Waals surface area contributed by atoms with Crippen molar-refractivity contribution in [2.24, 2.45) is 0 Å². The summed E-state index contributed by atoms with van der Waals surface area (Å²) in [5.41, 5.74) is 0.801. The van der Waals surface area contributed by atoms with Crippen LogP contribution in [0.4, 0.5) is 5.69 Å². The first-order valence-corrected chi connectivity index (χ1v) is 8.58. The van der Waals surface area contributed by atoms with Crippen LogP contribution in [-0.4, -0.2) is 37.5 Å². The number of hydrogen-bond acceptors (Lipinski definition) is 5. The first-order valence-electron chi connectivity index (χ1n) is 8.20. The van der Waals surface area contributed by atoms with Crippen molar-refractivity contribution < 1.29 is 23.9 Å². The number of esters is 1. The standard InChI is InChI=1S/C19H19ClN2O5/c1-2-26-16-9-4-3-8-15(16)19(25)21-11-18(24)27-12-17(23)22-14-7-5-6-13(20)10-14/h3-10H,2,11-12H2,1H3,(H,21,25)(H,22,23). The SMILES string of the molecule is CCOc1ccccc1C(=O)NCC(=O)OCC(=O)Nc1cccc(Cl)c1. The van der Waals surface area contributed by atoms with Crippen molar-refractivity contribution in [3.05, 3.63) is 59.1 Å². The summed E-state index contributed by atoms with van der Waals surface area (Å²) in [6, 6.07) is 13.3. The number of carbonyl (C=O) groups excluding carboxylic acids is 3. The van der Waals surface area contributed by atoms with E-state index >= 15 is 0 Å². The minimum Gasteiger partial charge on any atom is -0.493 e. The summed E-state index contributed by atoms with van der Waals surface area (Å²) in [7, 11) is 0. The van der Waals surface area contributed by atoms with Crippen LogP contribution >= 0.6 is 11.6 Å². The zero-order valence-electron chi connectivity index (χ0n) is 14.7. The van der Waals surface area contributed by atoms with Crippen LogP contribution in [0.5, 0.6) is 5.75 Å². The zero-order valence-corrected chi connectivity index (χ0v) is 15.4. The quantitative estimate of drug-likeness (QED) is 0.676. The Labute approximate surface area is 161 Å². The van der Waals surface area contributed by atoms with E-state index in [1.165, 1.54) is 0 Å². The Morgan fingerprint density at radius 1 is 1.07 bits per heavy atom. The second kappa shape index (κ2) is 10.2. The molecule has 0 aliphatic carbocycles. The van der Waals surface area contributed by atoms with Gasteiger partial charge in [-0.3, -0.25) is 14.4 Å². The molecule has 0 aliphatic heterocycles. The van der Waals surface area contributed by atoms with Gasteiger partial charge in [-0.25, -0.2) is 0 Å². The molecule has 2 amide bonds. The Morgan fingerprint density at radius 3 is 2.59 bits per heavy atom. The van der Waals surface area contributed by atoms with Crippen molar-refractivity contribution in [1.29, 1.82) is 0 Å². The molecule has 0 bridgehead atoms. The topological polar surface area (TPSA) is 93.7 Å². The van der Waals surface area contributed by atoms with Crippen molar-refractivity contribution in [2.75, 3.05) is 25.1 Å². The van der Waals surface area contributed by atoms with Gasteiger partial charge in [-0.1, -0.05) is 29.8 Å². The lowest BCUT2D eigenvalue weighted by Crippen LogP contribution is -2.32. The monoisotopic (exact) mass is 390 g/mol. The summed E-state index contributed by atoms with van der Waals surface area (Å²) < 4.78 is 10.2. The molecule has 0 heterocycles. The van der Waals surface area contributed by atoms with E-state index < -0.39 is 24.4 Å². The number of hydrogen-bond donors (Lipinski definition) is 2. The molecule has 2 aromatic rings. The predicted molar refractivity (Wildman–Crippen MR) is 101 cm³/mol. The minimum atomic E-state index is -0.738. The van der Waals surface area contributed by atoms with Crippen LogP contribution in [0, 0.1) is 0 Å². The Bertz CT molecular complexity index is 825. The van der Waals surface area contributed by atoms with E-state index in [0.29, 0.717) is 28.6 Å². The summed E-state index contributed by atoms with van der Waals surface area (Å²) in [4.78, 5) is 35.7. The normalized spacial score (nSPS) is 10.0. The fraction of sp³-hybridized carbons (Fsp3) is 0.211. The molecule has 0 saturated carbocycles. The Balaban J connectivity index is 1.77. The molecule has 2 N–H and O–H groups in total. The van der Waals surface area contributed by atoms with E-state index in [4.69, 9.17) is 21.1 Å². The summed E-state index contributed by atoms with van der Waals surface area (Å²) in [6.07, 6.45) is 0. The Kier molecular flexibility index (Phi) is 7.63. The van der Waals surface area contributed by atoms with Crippen LogP contribution in [0.3, 0.4) is 0 Å². The molecule has 27 heavy (non-hydrogen) atoms. The molecule has 8 heteroatoms. The van der Waals surface area contributed by atoms with Crippen molar-refractivity contribution >= 4 is 35.1 Å². The number of ether oxygens (including phenoxy) is 2. The highest BCUT2D eigenvalue weighted by Gasteiger charge is 2.14. The second-order valence-electron chi connectivity index (χ2n) is 5.33. The van der Waals surface area contributed by atoms with Gasteiger partial charge < -0.3 is 20.1 Å². The Hall–Kier alpha value is -3.06. The third kappa shape index (κ3) is 6.63. The van der Waals surface area contributed by atoms with Crippen LogP contribution < -0.4 is 15.4 Å². The van der Waals surface area contributed by atoms with Crippen LogP contribution in [0.25, 0.3) is 0 Å². The van der Waals surface area contributed by atoms with Gasteiger partial charge in [0.1, 0.15) is 12.3 Å². The maximum absolute atomic E-state index is 12.2. The molecule has 0 aliphatic rings. The third-order valence-electron chi connectivity index (χ3n) is 3.30. The number of anilines is 1. The van der Waals surface area contributed by atoms with Gasteiger partial charge in [-0.05, 0) is 37.3 Å². The maximum Gasteiger partial charge on any atom is 0.325 e. The Morgan fingerprint density at radius 2 is 1.85 bits per heavy atom. The molecule has 7 nitrogen and oxygen atoms in total. The summed E-state index contributed by atoms with van der Waals surface area (Å²) in [5.74, 6) is -1.30. The largest absolute Gasteiger partial charge is 0.493 e. The van der Waals surface area contributed by atoms with E-state index in [2.05, 4.69) is 10.6 Å². The van der Waals surface area contributed by atoms with Gasteiger partial charge in [0.2, 0.25) is 0 Å². The second-order valence-corrected chi connectivity index (χ2v) is 5.77. The van der Waals surface area contributed by atoms with E-state index in [1.54, 1.807) is 55.5 Å². The first kappa shape index (κ1) is 20.3. The van der Waals surface area contributed by atoms with Gasteiger partial charge in [0, 0.05) is 10.7 Å². The highest BCUT2D eigenvalue weighted by Crippen LogP contribution is 2.17. The molecule has 2 rings (SSSR count). The number of amides is 2. The van der Waals surface area contributed by atoms with Crippen LogP contribution in [0.1, 0.15) is 17.3 Å². The van der Waals surface area contributed by atoms with Gasteiger partial charge in [0.25, 0.3) is 11.8 Å². The van der Waals surface area contributed by atoms with Gasteiger partial charge in [0.15, 0.2) is 6.61 Å². The summed E-state index contributed by atoms with van der Waals surface area (Å²) in [5, 5.41) is 5.45. The average Bonchev–Trinajstić information content (AvgIpc) is 2.65. The highest BCUT2D eigenvalue weighted by molar-refractivity contribution is 6.30.